The van der Waals surface area contributed by atoms with Crippen molar-refractivity contribution in [2.24, 2.45) is 0 Å². The van der Waals surface area contributed by atoms with Crippen LogP contribution in [0.5, 0.6) is 0 Å². The number of carbonyl (C=O) groups is 1. The molecule has 0 saturated carbocycles. The molecule has 5 aromatic rings. The van der Waals surface area contributed by atoms with Gasteiger partial charge in [-0.05, 0) is 34.9 Å². The summed E-state index contributed by atoms with van der Waals surface area (Å²) >= 11 is 0. The summed E-state index contributed by atoms with van der Waals surface area (Å²) in [5.74, 6) is -0.195. The summed E-state index contributed by atoms with van der Waals surface area (Å²) in [4.78, 5) is 32.8. The van der Waals surface area contributed by atoms with Gasteiger partial charge in [-0.15, -0.1) is 0 Å². The number of hydrogen-bond acceptors (Lipinski definition) is 3. The molecule has 0 saturated heterocycles. The Morgan fingerprint density at radius 2 is 1.58 bits per heavy atom. The van der Waals surface area contributed by atoms with Gasteiger partial charge in [-0.3, -0.25) is 14.2 Å². The van der Waals surface area contributed by atoms with Gasteiger partial charge in [-0.25, -0.2) is 4.98 Å². The van der Waals surface area contributed by atoms with E-state index in [0.29, 0.717) is 23.3 Å². The largest absolute Gasteiger partial charge is 0.354 e. The van der Waals surface area contributed by atoms with E-state index < -0.39 is 6.04 Å². The van der Waals surface area contributed by atoms with E-state index in [-0.39, 0.29) is 11.5 Å². The standard InChI is InChI=1S/C31H29N3O2/c1-2-3-11-21-32-30(35)29(25-18-12-16-22-13-7-8-17-24(22)25)34-27-20-10-9-19-26(27)33-28(31(34)36)23-14-5-4-6-15-23/h4-10,12-20,29H,2-3,11,21H2,1H3,(H,32,35). The van der Waals surface area contributed by atoms with Crippen molar-refractivity contribution in [1.82, 2.24) is 14.9 Å². The number of nitrogens with zero attached hydrogens (tertiary/aromatic N) is 2. The average molecular weight is 476 g/mol. The third kappa shape index (κ3) is 4.52. The quantitative estimate of drug-likeness (QED) is 0.275. The normalized spacial score (nSPS) is 12.0. The predicted molar refractivity (Wildman–Crippen MR) is 146 cm³/mol. The minimum Gasteiger partial charge on any atom is -0.354 e. The van der Waals surface area contributed by atoms with Crippen molar-refractivity contribution in [3.05, 3.63) is 113 Å². The van der Waals surface area contributed by atoms with Crippen molar-refractivity contribution in [1.29, 1.82) is 0 Å². The molecule has 1 heterocycles. The molecule has 0 bridgehead atoms. The van der Waals surface area contributed by atoms with Gasteiger partial charge in [0.05, 0.1) is 11.0 Å². The first kappa shape index (κ1) is 23.5. The Kier molecular flexibility index (Phi) is 6.89. The second kappa shape index (κ2) is 10.6. The highest BCUT2D eigenvalue weighted by atomic mass is 16.2. The molecule has 0 fully saturated rings. The van der Waals surface area contributed by atoms with E-state index in [1.807, 2.05) is 97.1 Å². The summed E-state index contributed by atoms with van der Waals surface area (Å²) in [5, 5.41) is 5.08. The second-order valence-electron chi connectivity index (χ2n) is 8.96. The third-order valence-electron chi connectivity index (χ3n) is 6.55. The molecule has 4 aromatic carbocycles. The molecule has 180 valence electrons. The molecule has 0 aliphatic heterocycles. The maximum absolute atomic E-state index is 14.1. The van der Waals surface area contributed by atoms with Crippen LogP contribution in [0.2, 0.25) is 0 Å². The molecule has 1 unspecified atom stereocenters. The first-order valence-corrected chi connectivity index (χ1v) is 12.5. The molecule has 0 spiro atoms. The van der Waals surface area contributed by atoms with Crippen molar-refractivity contribution in [2.75, 3.05) is 6.54 Å². The summed E-state index contributed by atoms with van der Waals surface area (Å²) < 4.78 is 1.63. The van der Waals surface area contributed by atoms with Gasteiger partial charge in [0.1, 0.15) is 11.7 Å². The molecule has 1 amide bonds. The fraction of sp³-hybridized carbons (Fsp3) is 0.194. The van der Waals surface area contributed by atoms with Crippen LogP contribution in [-0.2, 0) is 4.79 Å². The number of rotatable bonds is 8. The summed E-state index contributed by atoms with van der Waals surface area (Å²) in [5.41, 5.74) is 2.85. The topological polar surface area (TPSA) is 64.0 Å². The molecule has 1 N–H and O–H groups in total. The van der Waals surface area contributed by atoms with Gasteiger partial charge in [0.15, 0.2) is 0 Å². The van der Waals surface area contributed by atoms with Crippen LogP contribution in [-0.4, -0.2) is 22.0 Å². The highest BCUT2D eigenvalue weighted by molar-refractivity contribution is 5.94. The summed E-state index contributed by atoms with van der Waals surface area (Å²) in [6, 6.07) is 30.0. The molecule has 0 aliphatic carbocycles. The van der Waals surface area contributed by atoms with Crippen molar-refractivity contribution in [2.45, 2.75) is 32.2 Å². The molecular formula is C31H29N3O2. The zero-order valence-electron chi connectivity index (χ0n) is 20.4. The van der Waals surface area contributed by atoms with Crippen molar-refractivity contribution in [3.8, 4) is 11.3 Å². The van der Waals surface area contributed by atoms with Crippen molar-refractivity contribution < 1.29 is 4.79 Å². The lowest BCUT2D eigenvalue weighted by molar-refractivity contribution is -0.123. The van der Waals surface area contributed by atoms with Crippen molar-refractivity contribution >= 4 is 27.7 Å². The number of para-hydroxylation sites is 2. The van der Waals surface area contributed by atoms with Crippen LogP contribution in [0.25, 0.3) is 33.1 Å². The summed E-state index contributed by atoms with van der Waals surface area (Å²) in [7, 11) is 0. The van der Waals surface area contributed by atoms with E-state index in [1.54, 1.807) is 4.57 Å². The van der Waals surface area contributed by atoms with Crippen LogP contribution in [0.1, 0.15) is 37.8 Å². The van der Waals surface area contributed by atoms with Gasteiger partial charge in [-0.1, -0.05) is 105 Å². The predicted octanol–water partition coefficient (Wildman–Crippen LogP) is 6.11. The Balaban J connectivity index is 1.78. The number of aromatic nitrogens is 2. The highest BCUT2D eigenvalue weighted by Crippen LogP contribution is 2.30. The lowest BCUT2D eigenvalue weighted by Crippen LogP contribution is -2.39. The number of hydrogen-bond donors (Lipinski definition) is 1. The van der Waals surface area contributed by atoms with Gasteiger partial charge in [0.25, 0.3) is 5.56 Å². The highest BCUT2D eigenvalue weighted by Gasteiger charge is 2.28. The Morgan fingerprint density at radius 3 is 2.42 bits per heavy atom. The lowest BCUT2D eigenvalue weighted by Gasteiger charge is -2.24. The molecule has 5 heteroatoms. The zero-order chi connectivity index (χ0) is 24.9. The van der Waals surface area contributed by atoms with Crippen LogP contribution in [0.4, 0.5) is 0 Å². The second-order valence-corrected chi connectivity index (χ2v) is 8.96. The smallest absolute Gasteiger partial charge is 0.278 e. The van der Waals surface area contributed by atoms with Gasteiger partial charge < -0.3 is 5.32 Å². The molecule has 36 heavy (non-hydrogen) atoms. The molecule has 0 radical (unpaired) electrons. The van der Waals surface area contributed by atoms with E-state index in [9.17, 15) is 9.59 Å². The zero-order valence-corrected chi connectivity index (χ0v) is 20.4. The summed E-state index contributed by atoms with van der Waals surface area (Å²) in [6.45, 7) is 2.70. The number of nitrogens with one attached hydrogen (secondary N) is 1. The first-order valence-electron chi connectivity index (χ1n) is 12.5. The number of unbranched alkanes of at least 4 members (excludes halogenated alkanes) is 2. The molecule has 5 nitrogen and oxygen atoms in total. The van der Waals surface area contributed by atoms with Gasteiger partial charge in [0.2, 0.25) is 5.91 Å². The number of benzene rings is 4. The Hall–Kier alpha value is -4.25. The minimum atomic E-state index is -0.847. The Labute approximate surface area is 210 Å². The monoisotopic (exact) mass is 475 g/mol. The Morgan fingerprint density at radius 1 is 0.861 bits per heavy atom. The van der Waals surface area contributed by atoms with Crippen molar-refractivity contribution in [3.63, 3.8) is 0 Å². The van der Waals surface area contributed by atoms with E-state index in [2.05, 4.69) is 12.2 Å². The molecular weight excluding hydrogens is 446 g/mol. The number of carbonyl (C=O) groups excluding carboxylic acids is 1. The van der Waals surface area contributed by atoms with E-state index in [0.717, 1.165) is 41.2 Å². The average Bonchev–Trinajstić information content (AvgIpc) is 2.93. The number of fused-ring (bicyclic) bond motifs is 2. The van der Waals surface area contributed by atoms with Gasteiger partial charge >= 0.3 is 0 Å². The van der Waals surface area contributed by atoms with E-state index in [1.165, 1.54) is 0 Å². The molecule has 1 atom stereocenters. The Bertz CT molecular complexity index is 1570. The van der Waals surface area contributed by atoms with E-state index in [4.69, 9.17) is 4.98 Å². The van der Waals surface area contributed by atoms with Crippen LogP contribution in [0.3, 0.4) is 0 Å². The van der Waals surface area contributed by atoms with E-state index >= 15 is 0 Å². The van der Waals surface area contributed by atoms with Crippen LogP contribution >= 0.6 is 0 Å². The molecule has 0 aliphatic rings. The first-order chi connectivity index (χ1) is 17.7. The van der Waals surface area contributed by atoms with Crippen LogP contribution < -0.4 is 10.9 Å². The molecule has 1 aromatic heterocycles. The molecule has 5 rings (SSSR count). The van der Waals surface area contributed by atoms with Crippen LogP contribution in [0, 0.1) is 0 Å². The van der Waals surface area contributed by atoms with Gasteiger partial charge in [0, 0.05) is 12.1 Å². The van der Waals surface area contributed by atoms with Crippen LogP contribution in [0.15, 0.2) is 102 Å². The number of amides is 1. The minimum absolute atomic E-state index is 0.195. The summed E-state index contributed by atoms with van der Waals surface area (Å²) in [6.07, 6.45) is 3.00. The maximum Gasteiger partial charge on any atom is 0.278 e. The fourth-order valence-corrected chi connectivity index (χ4v) is 4.76. The third-order valence-corrected chi connectivity index (χ3v) is 6.55. The fourth-order valence-electron chi connectivity index (χ4n) is 4.76. The SMILES string of the molecule is CCCCCNC(=O)C(c1cccc2ccccc12)n1c(=O)c(-c2ccccc2)nc2ccccc21. The van der Waals surface area contributed by atoms with Gasteiger partial charge in [-0.2, -0.15) is 0 Å². The maximum atomic E-state index is 14.1. The lowest BCUT2D eigenvalue weighted by atomic mass is 9.97.